The van der Waals surface area contributed by atoms with Gasteiger partial charge in [0.25, 0.3) is 0 Å². The fourth-order valence-corrected chi connectivity index (χ4v) is 4.27. The van der Waals surface area contributed by atoms with Gasteiger partial charge in [0.05, 0.1) is 6.61 Å². The summed E-state index contributed by atoms with van der Waals surface area (Å²) >= 11 is 0. The Morgan fingerprint density at radius 3 is 3.06 bits per heavy atom. The van der Waals surface area contributed by atoms with Crippen LogP contribution in [0.4, 0.5) is 10.3 Å². The molecule has 9 heteroatoms. The Morgan fingerprint density at radius 1 is 1.34 bits per heavy atom. The average molecular weight is 434 g/mol. The highest BCUT2D eigenvalue weighted by atomic mass is 19.1. The Bertz CT molecular complexity index is 1230. The largest absolute Gasteiger partial charge is 0.493 e. The summed E-state index contributed by atoms with van der Waals surface area (Å²) < 4.78 is 21.8. The molecule has 0 unspecified atom stereocenters. The average Bonchev–Trinajstić information content (AvgIpc) is 3.49. The molecule has 164 valence electrons. The van der Waals surface area contributed by atoms with Gasteiger partial charge in [-0.2, -0.15) is 0 Å². The van der Waals surface area contributed by atoms with Gasteiger partial charge < -0.3 is 10.1 Å². The Morgan fingerprint density at radius 2 is 2.25 bits per heavy atom. The van der Waals surface area contributed by atoms with Crippen molar-refractivity contribution in [3.05, 3.63) is 65.4 Å². The molecule has 2 aromatic heterocycles. The number of halogens is 1. The van der Waals surface area contributed by atoms with E-state index in [-0.39, 0.29) is 12.4 Å². The third-order valence-electron chi connectivity index (χ3n) is 5.93. The number of aldehydes is 1. The van der Waals surface area contributed by atoms with E-state index in [1.54, 1.807) is 23.0 Å². The van der Waals surface area contributed by atoms with E-state index in [2.05, 4.69) is 38.1 Å². The maximum Gasteiger partial charge on any atom is 0.210 e. The van der Waals surface area contributed by atoms with Crippen molar-refractivity contribution >= 4 is 23.5 Å². The molecule has 8 nitrogen and oxygen atoms in total. The molecular weight excluding hydrogens is 411 g/mol. The number of nitrogens with one attached hydrogen (secondary N) is 1. The molecule has 0 saturated heterocycles. The number of carbonyl (C=O) groups excluding carboxylic acids is 1. The third kappa shape index (κ3) is 3.75. The number of aromatic nitrogens is 4. The van der Waals surface area contributed by atoms with Gasteiger partial charge in [0, 0.05) is 55.5 Å². The predicted molar refractivity (Wildman–Crippen MR) is 118 cm³/mol. The van der Waals surface area contributed by atoms with Crippen molar-refractivity contribution in [2.24, 2.45) is 0 Å². The second-order valence-corrected chi connectivity index (χ2v) is 7.97. The number of hydrogen-bond acceptors (Lipinski definition) is 7. The quantitative estimate of drug-likeness (QED) is 0.452. The smallest absolute Gasteiger partial charge is 0.210 e. The molecule has 3 aromatic rings. The van der Waals surface area contributed by atoms with Crippen molar-refractivity contribution in [2.75, 3.05) is 31.6 Å². The molecule has 4 heterocycles. The van der Waals surface area contributed by atoms with Crippen LogP contribution in [0.15, 0.2) is 42.9 Å². The summed E-state index contributed by atoms with van der Waals surface area (Å²) in [5.41, 5.74) is 4.83. The van der Waals surface area contributed by atoms with Crippen molar-refractivity contribution in [2.45, 2.75) is 19.4 Å². The highest BCUT2D eigenvalue weighted by Gasteiger charge is 2.21. The van der Waals surface area contributed by atoms with Crippen LogP contribution in [0.5, 0.6) is 5.75 Å². The predicted octanol–water partition coefficient (Wildman–Crippen LogP) is 2.65. The van der Waals surface area contributed by atoms with Crippen LogP contribution in [-0.4, -0.2) is 57.0 Å². The first-order chi connectivity index (χ1) is 15.6. The number of anilines is 1. The number of carbonyl (C=O) groups is 1. The van der Waals surface area contributed by atoms with E-state index in [1.807, 2.05) is 0 Å². The van der Waals surface area contributed by atoms with Crippen LogP contribution in [0.1, 0.15) is 23.1 Å². The van der Waals surface area contributed by atoms with Gasteiger partial charge in [0.15, 0.2) is 5.65 Å². The van der Waals surface area contributed by atoms with Crippen molar-refractivity contribution in [1.82, 2.24) is 24.5 Å². The highest BCUT2D eigenvalue weighted by molar-refractivity contribution is 5.77. The summed E-state index contributed by atoms with van der Waals surface area (Å²) in [5, 5.41) is 11.6. The van der Waals surface area contributed by atoms with Gasteiger partial charge in [-0.3, -0.25) is 14.1 Å². The van der Waals surface area contributed by atoms with Gasteiger partial charge in [-0.1, -0.05) is 12.7 Å². The second-order valence-electron chi connectivity index (χ2n) is 7.97. The lowest BCUT2D eigenvalue weighted by molar-refractivity contribution is -0.105. The lowest BCUT2D eigenvalue weighted by atomic mass is 10.0. The molecule has 0 fully saturated rings. The number of ether oxygens (including phenoxy) is 1. The molecule has 32 heavy (non-hydrogen) atoms. The zero-order chi connectivity index (χ0) is 22.1. The normalized spacial score (nSPS) is 15.8. The van der Waals surface area contributed by atoms with E-state index in [1.165, 1.54) is 6.07 Å². The van der Waals surface area contributed by atoms with E-state index in [4.69, 9.17) is 4.74 Å². The molecule has 2 aliphatic heterocycles. The summed E-state index contributed by atoms with van der Waals surface area (Å²) in [6.07, 6.45) is 7.83. The highest BCUT2D eigenvalue weighted by Crippen LogP contribution is 2.31. The Labute approximate surface area is 184 Å². The fourth-order valence-electron chi connectivity index (χ4n) is 4.27. The van der Waals surface area contributed by atoms with Gasteiger partial charge in [-0.25, -0.2) is 9.37 Å². The monoisotopic (exact) mass is 434 g/mol. The molecule has 0 atom stereocenters. The van der Waals surface area contributed by atoms with E-state index < -0.39 is 0 Å². The van der Waals surface area contributed by atoms with E-state index in [0.717, 1.165) is 48.2 Å². The van der Waals surface area contributed by atoms with Gasteiger partial charge in [-0.05, 0) is 29.7 Å². The van der Waals surface area contributed by atoms with Crippen molar-refractivity contribution in [3.8, 4) is 5.75 Å². The maximum absolute atomic E-state index is 14.5. The van der Waals surface area contributed by atoms with Crippen molar-refractivity contribution in [1.29, 1.82) is 0 Å². The van der Waals surface area contributed by atoms with E-state index >= 15 is 0 Å². The van der Waals surface area contributed by atoms with Crippen LogP contribution in [0.3, 0.4) is 0 Å². The Hall–Kier alpha value is -3.59. The maximum atomic E-state index is 14.5. The number of benzene rings is 1. The molecule has 5 rings (SSSR count). The van der Waals surface area contributed by atoms with Crippen LogP contribution in [-0.2, 0) is 17.8 Å². The molecule has 0 saturated carbocycles. The lowest BCUT2D eigenvalue weighted by Gasteiger charge is -2.26. The van der Waals surface area contributed by atoms with Crippen LogP contribution in [0.2, 0.25) is 0 Å². The molecule has 0 bridgehead atoms. The number of fused-ring (bicyclic) bond motifs is 2. The van der Waals surface area contributed by atoms with Crippen LogP contribution in [0, 0.1) is 5.82 Å². The minimum Gasteiger partial charge on any atom is -0.493 e. The molecule has 0 amide bonds. The lowest BCUT2D eigenvalue weighted by Crippen LogP contribution is -2.30. The van der Waals surface area contributed by atoms with Crippen molar-refractivity contribution in [3.63, 3.8) is 0 Å². The first-order valence-corrected chi connectivity index (χ1v) is 10.5. The number of hydrogen-bond donors (Lipinski definition) is 1. The van der Waals surface area contributed by atoms with Gasteiger partial charge in [-0.15, -0.1) is 10.2 Å². The SMILES string of the molecule is C=C(C=O)CN1CC=C(c2cnc(NCc3c(F)ccc4c3CCO4)n3cnnc23)CC1. The third-order valence-corrected chi connectivity index (χ3v) is 5.93. The number of rotatable bonds is 7. The minimum atomic E-state index is -0.257. The zero-order valence-electron chi connectivity index (χ0n) is 17.6. The van der Waals surface area contributed by atoms with Crippen LogP contribution >= 0.6 is 0 Å². The van der Waals surface area contributed by atoms with Crippen molar-refractivity contribution < 1.29 is 13.9 Å². The topological polar surface area (TPSA) is 84.7 Å². The summed E-state index contributed by atoms with van der Waals surface area (Å²) in [5.74, 6) is 1.04. The molecule has 0 aliphatic carbocycles. The first-order valence-electron chi connectivity index (χ1n) is 10.5. The van der Waals surface area contributed by atoms with Gasteiger partial charge in [0.1, 0.15) is 24.2 Å². The first kappa shape index (κ1) is 20.3. The zero-order valence-corrected chi connectivity index (χ0v) is 17.6. The molecule has 1 aromatic carbocycles. The second kappa shape index (κ2) is 8.51. The Kier molecular flexibility index (Phi) is 5.40. The molecule has 0 radical (unpaired) electrons. The standard InChI is InChI=1S/C23H23FN6O2/c1-15(13-31)12-29-7-4-16(5-8-29)18-10-25-23(30-14-27-28-22(18)30)26-11-19-17-6-9-32-21(17)3-2-20(19)24/h2-4,10,13-14H,1,5-9,11-12H2,(H,25,26). The molecule has 0 spiro atoms. The molecule has 1 N–H and O–H groups in total. The van der Waals surface area contributed by atoms with Crippen LogP contribution < -0.4 is 10.1 Å². The summed E-state index contributed by atoms with van der Waals surface area (Å²) in [6.45, 7) is 6.73. The Balaban J connectivity index is 1.37. The molecule has 2 aliphatic rings. The van der Waals surface area contributed by atoms with Gasteiger partial charge >= 0.3 is 0 Å². The fraction of sp³-hybridized carbons (Fsp3) is 0.304. The summed E-state index contributed by atoms with van der Waals surface area (Å²) in [6, 6.07) is 3.12. The van der Waals surface area contributed by atoms with E-state index in [0.29, 0.717) is 42.3 Å². The van der Waals surface area contributed by atoms with Gasteiger partial charge in [0.2, 0.25) is 5.95 Å². The summed E-state index contributed by atoms with van der Waals surface area (Å²) in [4.78, 5) is 17.6. The minimum absolute atomic E-state index is 0.257. The summed E-state index contributed by atoms with van der Waals surface area (Å²) in [7, 11) is 0. The number of nitrogens with zero attached hydrogens (tertiary/aromatic N) is 5. The molecular formula is C23H23FN6O2. The van der Waals surface area contributed by atoms with Crippen LogP contribution in [0.25, 0.3) is 11.2 Å². The van der Waals surface area contributed by atoms with E-state index in [9.17, 15) is 9.18 Å².